The van der Waals surface area contributed by atoms with Gasteiger partial charge in [0.2, 0.25) is 0 Å². The predicted octanol–water partition coefficient (Wildman–Crippen LogP) is 17.4. The van der Waals surface area contributed by atoms with Gasteiger partial charge in [0, 0.05) is 40.4 Å². The van der Waals surface area contributed by atoms with Crippen LogP contribution in [-0.2, 0) is 10.8 Å². The molecule has 0 amide bonds. The van der Waals surface area contributed by atoms with Gasteiger partial charge in [-0.1, -0.05) is 160 Å². The van der Waals surface area contributed by atoms with Gasteiger partial charge in [0.1, 0.15) is 24.0 Å². The fourth-order valence-corrected chi connectivity index (χ4v) is 9.96. The second-order valence-corrected chi connectivity index (χ2v) is 21.0. The molecule has 10 rings (SSSR count). The van der Waals surface area contributed by atoms with E-state index < -0.39 is 0 Å². The van der Waals surface area contributed by atoms with Crippen molar-refractivity contribution in [1.82, 2.24) is 9.55 Å². The van der Waals surface area contributed by atoms with Crippen LogP contribution in [0.15, 0.2) is 170 Å². The molecule has 0 atom stereocenters. The Morgan fingerprint density at radius 1 is 0.493 bits per heavy atom. The number of fused-ring (bicyclic) bond motifs is 4. The van der Waals surface area contributed by atoms with Gasteiger partial charge in [0.05, 0.1) is 28.1 Å². The molecule has 0 unspecified atom stereocenters. The summed E-state index contributed by atoms with van der Waals surface area (Å²) >= 11 is 0. The molecule has 3 heterocycles. The molecule has 0 spiro atoms. The maximum Gasteiger partial charge on any atom is 0.137 e. The molecule has 0 N–H and O–H groups in total. The highest BCUT2D eigenvalue weighted by Gasteiger charge is 2.32. The fraction of sp³-hybridized carbons (Fsp3) is 0.242. The standard InChI is InChI=1S/C62H62N4O/c1-40(2)49-22-18-23-50(41(3)4)60(49)43-33-46(64-39-65(56-26-17-16-25-55(56)64)57-35-44(61(5,6)7)27-29-51(57)42-19-12-11-13-20-42)37-48(34-43)67-47-28-30-53-52-21-14-15-24-54(52)66(58(53)38-47)59-36-45(31-32-63-59)62(8,9)10/h11-38,40-41H,39H2,1-10H3. The van der Waals surface area contributed by atoms with Crippen LogP contribution in [0.2, 0.25) is 0 Å². The number of para-hydroxylation sites is 3. The lowest BCUT2D eigenvalue weighted by Gasteiger charge is -2.28. The number of anilines is 4. The first-order chi connectivity index (χ1) is 32.1. The summed E-state index contributed by atoms with van der Waals surface area (Å²) in [5.41, 5.74) is 16.8. The molecule has 1 aliphatic heterocycles. The van der Waals surface area contributed by atoms with Gasteiger partial charge < -0.3 is 14.5 Å². The third kappa shape index (κ3) is 8.15. The van der Waals surface area contributed by atoms with E-state index in [-0.39, 0.29) is 10.8 Å². The molecule has 0 bridgehead atoms. The Hall–Kier alpha value is -7.11. The number of hydrogen-bond acceptors (Lipinski definition) is 4. The van der Waals surface area contributed by atoms with Crippen molar-refractivity contribution in [3.8, 4) is 39.6 Å². The van der Waals surface area contributed by atoms with E-state index in [4.69, 9.17) is 9.72 Å². The summed E-state index contributed by atoms with van der Waals surface area (Å²) in [5, 5.41) is 2.34. The van der Waals surface area contributed by atoms with Crippen LogP contribution in [0.3, 0.4) is 0 Å². The topological polar surface area (TPSA) is 33.5 Å². The quantitative estimate of drug-likeness (QED) is 0.145. The monoisotopic (exact) mass is 878 g/mol. The molecular weight excluding hydrogens is 817 g/mol. The SMILES string of the molecule is CC(C)c1cccc(C(C)C)c1-c1cc(Oc2ccc3c4ccccc4n(-c4cc(C(C)(C)C)ccn4)c3c2)cc(N2CN(c3cc(C(C)(C)C)ccc3-c3ccccc3)c3ccccc32)c1. The average Bonchev–Trinajstić information content (AvgIpc) is 3.87. The molecule has 0 aliphatic carbocycles. The van der Waals surface area contributed by atoms with Crippen LogP contribution in [0.25, 0.3) is 49.9 Å². The van der Waals surface area contributed by atoms with Crippen molar-refractivity contribution < 1.29 is 4.74 Å². The lowest BCUT2D eigenvalue weighted by Crippen LogP contribution is -2.25. The van der Waals surface area contributed by atoms with Crippen LogP contribution in [-0.4, -0.2) is 16.2 Å². The van der Waals surface area contributed by atoms with Crippen molar-refractivity contribution in [2.24, 2.45) is 0 Å². The first kappa shape index (κ1) is 43.8. The Morgan fingerprint density at radius 3 is 1.84 bits per heavy atom. The number of pyridine rings is 1. The summed E-state index contributed by atoms with van der Waals surface area (Å²) in [5.74, 6) is 3.10. The van der Waals surface area contributed by atoms with E-state index in [1.165, 1.54) is 55.7 Å². The second-order valence-electron chi connectivity index (χ2n) is 21.0. The van der Waals surface area contributed by atoms with Crippen LogP contribution in [0, 0.1) is 0 Å². The minimum atomic E-state index is -0.0232. The summed E-state index contributed by atoms with van der Waals surface area (Å²) in [6, 6.07) is 59.8. The largest absolute Gasteiger partial charge is 0.457 e. The highest BCUT2D eigenvalue weighted by molar-refractivity contribution is 6.09. The summed E-state index contributed by atoms with van der Waals surface area (Å²) < 4.78 is 9.46. The van der Waals surface area contributed by atoms with Gasteiger partial charge in [-0.2, -0.15) is 0 Å². The summed E-state index contributed by atoms with van der Waals surface area (Å²) in [7, 11) is 0. The lowest BCUT2D eigenvalue weighted by molar-refractivity contribution is 0.483. The molecule has 9 aromatic rings. The van der Waals surface area contributed by atoms with Crippen LogP contribution in [0.5, 0.6) is 11.5 Å². The maximum absolute atomic E-state index is 7.17. The summed E-state index contributed by atoms with van der Waals surface area (Å²) in [6.07, 6.45) is 1.94. The van der Waals surface area contributed by atoms with E-state index in [2.05, 4.69) is 247 Å². The van der Waals surface area contributed by atoms with Crippen molar-refractivity contribution >= 4 is 44.6 Å². The number of rotatable bonds is 9. The van der Waals surface area contributed by atoms with Crippen LogP contribution >= 0.6 is 0 Å². The van der Waals surface area contributed by atoms with Gasteiger partial charge >= 0.3 is 0 Å². The summed E-state index contributed by atoms with van der Waals surface area (Å²) in [6.45, 7) is 23.5. The predicted molar refractivity (Wildman–Crippen MR) is 284 cm³/mol. The van der Waals surface area contributed by atoms with Crippen LogP contribution in [0.4, 0.5) is 22.7 Å². The number of ether oxygens (including phenoxy) is 1. The van der Waals surface area contributed by atoms with Crippen LogP contribution in [0.1, 0.15) is 103 Å². The van der Waals surface area contributed by atoms with Crippen LogP contribution < -0.4 is 14.5 Å². The minimum Gasteiger partial charge on any atom is -0.457 e. The van der Waals surface area contributed by atoms with Gasteiger partial charge in [-0.3, -0.25) is 4.57 Å². The van der Waals surface area contributed by atoms with Gasteiger partial charge in [-0.15, -0.1) is 0 Å². The van der Waals surface area contributed by atoms with Gasteiger partial charge in [0.15, 0.2) is 0 Å². The van der Waals surface area contributed by atoms with E-state index in [1.807, 2.05) is 6.20 Å². The van der Waals surface area contributed by atoms with Crippen molar-refractivity contribution in [1.29, 1.82) is 0 Å². The van der Waals surface area contributed by atoms with E-state index in [1.54, 1.807) is 0 Å². The van der Waals surface area contributed by atoms with Crippen molar-refractivity contribution in [2.75, 3.05) is 16.5 Å². The molecule has 5 nitrogen and oxygen atoms in total. The van der Waals surface area contributed by atoms with Crippen molar-refractivity contribution in [3.63, 3.8) is 0 Å². The Labute approximate surface area is 397 Å². The first-order valence-corrected chi connectivity index (χ1v) is 23.9. The normalized spacial score (nSPS) is 13.1. The van der Waals surface area contributed by atoms with Gasteiger partial charge in [-0.25, -0.2) is 4.98 Å². The Kier molecular flexibility index (Phi) is 11.1. The Balaban J connectivity index is 1.15. The molecular formula is C62H62N4O. The van der Waals surface area contributed by atoms with E-state index in [0.29, 0.717) is 18.5 Å². The van der Waals surface area contributed by atoms with Crippen molar-refractivity contribution in [3.05, 3.63) is 192 Å². The zero-order valence-corrected chi connectivity index (χ0v) is 40.7. The molecule has 7 aromatic carbocycles. The molecule has 2 aromatic heterocycles. The number of aromatic nitrogens is 2. The van der Waals surface area contributed by atoms with E-state index in [9.17, 15) is 0 Å². The fourth-order valence-electron chi connectivity index (χ4n) is 9.96. The van der Waals surface area contributed by atoms with Crippen molar-refractivity contribution in [2.45, 2.75) is 91.9 Å². The first-order valence-electron chi connectivity index (χ1n) is 23.9. The van der Waals surface area contributed by atoms with Gasteiger partial charge in [0.25, 0.3) is 0 Å². The molecule has 1 aliphatic rings. The highest BCUT2D eigenvalue weighted by atomic mass is 16.5. The molecule has 0 saturated heterocycles. The van der Waals surface area contributed by atoms with E-state index >= 15 is 0 Å². The zero-order chi connectivity index (χ0) is 46.8. The van der Waals surface area contributed by atoms with E-state index in [0.717, 1.165) is 50.7 Å². The maximum atomic E-state index is 7.17. The number of hydrogen-bond donors (Lipinski definition) is 0. The Morgan fingerprint density at radius 2 is 1.13 bits per heavy atom. The minimum absolute atomic E-state index is 0.0221. The molecule has 0 radical (unpaired) electrons. The third-order valence-corrected chi connectivity index (χ3v) is 13.6. The van der Waals surface area contributed by atoms with Gasteiger partial charge in [-0.05, 0) is 122 Å². The number of benzene rings is 7. The number of nitrogens with zero attached hydrogens (tertiary/aromatic N) is 4. The molecule has 336 valence electrons. The molecule has 0 saturated carbocycles. The zero-order valence-electron chi connectivity index (χ0n) is 40.7. The molecule has 67 heavy (non-hydrogen) atoms. The highest BCUT2D eigenvalue weighted by Crippen LogP contribution is 2.50. The Bertz CT molecular complexity index is 3260. The summed E-state index contributed by atoms with van der Waals surface area (Å²) in [4.78, 5) is 9.91. The average molecular weight is 879 g/mol. The smallest absolute Gasteiger partial charge is 0.137 e. The third-order valence-electron chi connectivity index (χ3n) is 13.6. The second kappa shape index (κ2) is 17.0. The molecule has 5 heteroatoms. The lowest BCUT2D eigenvalue weighted by atomic mass is 9.85. The molecule has 0 fully saturated rings.